The summed E-state index contributed by atoms with van der Waals surface area (Å²) in [7, 11) is 0. The zero-order valence-corrected chi connectivity index (χ0v) is 9.28. The molecule has 0 aromatic heterocycles. The first-order chi connectivity index (χ1) is 5.34. The summed E-state index contributed by atoms with van der Waals surface area (Å²) in [6, 6.07) is 0. The van der Waals surface area contributed by atoms with Crippen molar-refractivity contribution in [3.05, 3.63) is 6.42 Å². The molecule has 1 saturated carbocycles. The fraction of sp³-hybridized carbons (Fsp3) is 0.917. The smallest absolute Gasteiger partial charge is 0.0314 e. The van der Waals surface area contributed by atoms with Gasteiger partial charge < -0.3 is 0 Å². The van der Waals surface area contributed by atoms with Crippen LogP contribution < -0.4 is 0 Å². The molecule has 0 nitrogen and oxygen atoms in total. The third-order valence-corrected chi connectivity index (χ3v) is 3.32. The summed E-state index contributed by atoms with van der Waals surface area (Å²) >= 11 is 0. The van der Waals surface area contributed by atoms with Gasteiger partial charge in [-0.15, -0.1) is 0 Å². The van der Waals surface area contributed by atoms with E-state index in [0.717, 1.165) is 5.92 Å². The molecule has 0 aromatic rings. The van der Waals surface area contributed by atoms with Crippen molar-refractivity contribution in [3.8, 4) is 0 Å². The zero-order chi connectivity index (χ0) is 9.41. The quantitative estimate of drug-likeness (QED) is 0.510. The maximum Gasteiger partial charge on any atom is -0.0314 e. The van der Waals surface area contributed by atoms with E-state index in [1.165, 1.54) is 19.3 Å². The molecule has 1 unspecified atom stereocenters. The van der Waals surface area contributed by atoms with E-state index in [9.17, 15) is 0 Å². The summed E-state index contributed by atoms with van der Waals surface area (Å²) in [5.41, 5.74) is 1.01. The maximum absolute atomic E-state index is 2.46. The van der Waals surface area contributed by atoms with Gasteiger partial charge in [0.1, 0.15) is 0 Å². The third-order valence-electron chi connectivity index (χ3n) is 3.32. The first kappa shape index (κ1) is 10.1. The molecule has 0 heterocycles. The molecule has 1 fully saturated rings. The molecule has 0 saturated heterocycles. The molecule has 0 N–H and O–H groups in total. The van der Waals surface area contributed by atoms with Crippen molar-refractivity contribution < 1.29 is 0 Å². The average Bonchev–Trinajstić information content (AvgIpc) is 1.83. The molecule has 71 valence electrons. The molecule has 1 radical (unpaired) electrons. The predicted molar refractivity (Wildman–Crippen MR) is 54.9 cm³/mol. The number of hydrogen-bond donors (Lipinski definition) is 0. The van der Waals surface area contributed by atoms with E-state index in [1.54, 1.807) is 0 Å². The van der Waals surface area contributed by atoms with E-state index in [4.69, 9.17) is 0 Å². The largest absolute Gasteiger partial charge is 0.0599 e. The Bertz CT molecular complexity index is 148. The van der Waals surface area contributed by atoms with Gasteiger partial charge in [-0.2, -0.15) is 0 Å². The van der Waals surface area contributed by atoms with Crippen LogP contribution in [-0.2, 0) is 0 Å². The minimum Gasteiger partial charge on any atom is -0.0599 e. The lowest BCUT2D eigenvalue weighted by Gasteiger charge is -2.46. The Kier molecular flexibility index (Phi) is 2.56. The van der Waals surface area contributed by atoms with Crippen molar-refractivity contribution in [2.75, 3.05) is 0 Å². The molecule has 1 rings (SSSR count). The summed E-state index contributed by atoms with van der Waals surface area (Å²) in [4.78, 5) is 0. The summed E-state index contributed by atoms with van der Waals surface area (Å²) in [6.45, 7) is 12.0. The monoisotopic (exact) mass is 167 g/mol. The molecule has 1 atom stereocenters. The minimum absolute atomic E-state index is 0.484. The Morgan fingerprint density at radius 2 is 1.83 bits per heavy atom. The van der Waals surface area contributed by atoms with Gasteiger partial charge >= 0.3 is 0 Å². The molecule has 0 aromatic carbocycles. The molecule has 0 spiro atoms. The van der Waals surface area contributed by atoms with Crippen LogP contribution in [0.3, 0.4) is 0 Å². The Morgan fingerprint density at radius 3 is 2.17 bits per heavy atom. The Balaban J connectivity index is 2.73. The van der Waals surface area contributed by atoms with E-state index in [0.29, 0.717) is 10.8 Å². The van der Waals surface area contributed by atoms with Crippen LogP contribution in [0.1, 0.15) is 53.9 Å². The second-order valence-electron chi connectivity index (χ2n) is 5.98. The van der Waals surface area contributed by atoms with Gasteiger partial charge in [-0.25, -0.2) is 0 Å². The number of rotatable bonds is 0. The lowest BCUT2D eigenvalue weighted by atomic mass is 9.59. The Hall–Kier alpha value is 0. The summed E-state index contributed by atoms with van der Waals surface area (Å²) in [5, 5.41) is 0. The molecule has 0 heteroatoms. The highest BCUT2D eigenvalue weighted by molar-refractivity contribution is 4.94. The Morgan fingerprint density at radius 1 is 1.25 bits per heavy atom. The van der Waals surface area contributed by atoms with E-state index >= 15 is 0 Å². The Labute approximate surface area is 77.7 Å². The molecule has 1 aliphatic carbocycles. The molecular weight excluding hydrogens is 144 g/mol. The van der Waals surface area contributed by atoms with Crippen LogP contribution in [0.5, 0.6) is 0 Å². The standard InChI is InChI=1S/C12H23/c1-11(2,3)10-8-6-7-9-12(10,4)5/h7,10H,6,8-9H2,1-5H3. The molecule has 12 heavy (non-hydrogen) atoms. The lowest BCUT2D eigenvalue weighted by Crippen LogP contribution is -2.37. The van der Waals surface area contributed by atoms with Crippen LogP contribution >= 0.6 is 0 Å². The van der Waals surface area contributed by atoms with E-state index < -0.39 is 0 Å². The topological polar surface area (TPSA) is 0 Å². The maximum atomic E-state index is 2.46. The summed E-state index contributed by atoms with van der Waals surface area (Å²) in [6.07, 6.45) is 6.47. The molecule has 0 amide bonds. The average molecular weight is 167 g/mol. The highest BCUT2D eigenvalue weighted by Gasteiger charge is 2.39. The van der Waals surface area contributed by atoms with Crippen molar-refractivity contribution in [2.45, 2.75) is 53.9 Å². The minimum atomic E-state index is 0.484. The van der Waals surface area contributed by atoms with Crippen LogP contribution in [-0.4, -0.2) is 0 Å². The van der Waals surface area contributed by atoms with Gasteiger partial charge in [-0.3, -0.25) is 0 Å². The van der Waals surface area contributed by atoms with E-state index in [1.807, 2.05) is 0 Å². The van der Waals surface area contributed by atoms with Gasteiger partial charge in [-0.1, -0.05) is 34.6 Å². The van der Waals surface area contributed by atoms with Crippen LogP contribution in [0.2, 0.25) is 0 Å². The molecule has 0 aliphatic heterocycles. The van der Waals surface area contributed by atoms with E-state index in [-0.39, 0.29) is 0 Å². The molecular formula is C12H23. The zero-order valence-electron chi connectivity index (χ0n) is 9.28. The number of hydrogen-bond acceptors (Lipinski definition) is 0. The van der Waals surface area contributed by atoms with Crippen molar-refractivity contribution >= 4 is 0 Å². The van der Waals surface area contributed by atoms with Gasteiger partial charge in [0.25, 0.3) is 0 Å². The predicted octanol–water partition coefficient (Wildman–Crippen LogP) is 4.06. The third kappa shape index (κ3) is 2.02. The highest BCUT2D eigenvalue weighted by Crippen LogP contribution is 2.48. The highest BCUT2D eigenvalue weighted by atomic mass is 14.4. The summed E-state index contributed by atoms with van der Waals surface area (Å²) in [5.74, 6) is 0.884. The van der Waals surface area contributed by atoms with Crippen molar-refractivity contribution in [1.82, 2.24) is 0 Å². The second-order valence-corrected chi connectivity index (χ2v) is 5.98. The van der Waals surface area contributed by atoms with Crippen molar-refractivity contribution in [3.63, 3.8) is 0 Å². The van der Waals surface area contributed by atoms with Crippen molar-refractivity contribution in [1.29, 1.82) is 0 Å². The lowest BCUT2D eigenvalue weighted by molar-refractivity contribution is 0.0588. The normalized spacial score (nSPS) is 30.2. The fourth-order valence-corrected chi connectivity index (χ4v) is 2.90. The van der Waals surface area contributed by atoms with Gasteiger partial charge in [0.2, 0.25) is 0 Å². The van der Waals surface area contributed by atoms with Gasteiger partial charge in [0, 0.05) is 0 Å². The second kappa shape index (κ2) is 3.05. The van der Waals surface area contributed by atoms with Crippen LogP contribution in [0.15, 0.2) is 0 Å². The van der Waals surface area contributed by atoms with Crippen LogP contribution in [0.25, 0.3) is 0 Å². The summed E-state index contributed by atoms with van der Waals surface area (Å²) < 4.78 is 0. The van der Waals surface area contributed by atoms with Crippen LogP contribution in [0.4, 0.5) is 0 Å². The van der Waals surface area contributed by atoms with Crippen molar-refractivity contribution in [2.24, 2.45) is 16.7 Å². The first-order valence-corrected chi connectivity index (χ1v) is 5.16. The van der Waals surface area contributed by atoms with Gasteiger partial charge in [-0.05, 0) is 42.4 Å². The molecule has 0 bridgehead atoms. The van der Waals surface area contributed by atoms with Gasteiger partial charge in [0.05, 0.1) is 0 Å². The SMILES string of the molecule is CC(C)(C)C1CC[CH]CC1(C)C. The molecule has 1 aliphatic rings. The first-order valence-electron chi connectivity index (χ1n) is 5.16. The van der Waals surface area contributed by atoms with Crippen LogP contribution in [0, 0.1) is 23.2 Å². The fourth-order valence-electron chi connectivity index (χ4n) is 2.90. The van der Waals surface area contributed by atoms with E-state index in [2.05, 4.69) is 41.0 Å². The van der Waals surface area contributed by atoms with Gasteiger partial charge in [0.15, 0.2) is 0 Å².